The van der Waals surface area contributed by atoms with E-state index in [9.17, 15) is 4.79 Å². The van der Waals surface area contributed by atoms with Crippen molar-refractivity contribution in [1.82, 2.24) is 0 Å². The molecule has 0 N–H and O–H groups in total. The van der Waals surface area contributed by atoms with Crippen LogP contribution in [0, 0.1) is 17.8 Å². The molecule has 3 unspecified atom stereocenters. The van der Waals surface area contributed by atoms with Gasteiger partial charge in [-0.25, -0.2) is 0 Å². The van der Waals surface area contributed by atoms with Crippen molar-refractivity contribution in [2.75, 3.05) is 0 Å². The van der Waals surface area contributed by atoms with E-state index in [1.165, 1.54) is 6.42 Å². The summed E-state index contributed by atoms with van der Waals surface area (Å²) in [6.45, 7) is 4.29. The number of carbonyl (C=O) groups is 1. The van der Waals surface area contributed by atoms with E-state index < -0.39 is 0 Å². The van der Waals surface area contributed by atoms with E-state index >= 15 is 0 Å². The summed E-state index contributed by atoms with van der Waals surface area (Å²) in [5, 5.41) is 0. The van der Waals surface area contributed by atoms with Crippen molar-refractivity contribution in [1.29, 1.82) is 0 Å². The summed E-state index contributed by atoms with van der Waals surface area (Å²) in [7, 11) is 0. The summed E-state index contributed by atoms with van der Waals surface area (Å²) < 4.78 is 0. The quantitative estimate of drug-likeness (QED) is 0.494. The van der Waals surface area contributed by atoms with E-state index in [0.29, 0.717) is 17.8 Å². The van der Waals surface area contributed by atoms with E-state index in [1.807, 2.05) is 0 Å². The molecule has 8 heavy (non-hydrogen) atoms. The standard InChI is InChI=1S/C7H12O/c1-3-6-5(2)7(6)4-8/h4-7H,3H2,1-2H3. The van der Waals surface area contributed by atoms with Gasteiger partial charge in [-0.1, -0.05) is 20.3 Å². The van der Waals surface area contributed by atoms with Crippen LogP contribution in [0.5, 0.6) is 0 Å². The second-order valence-electron chi connectivity index (χ2n) is 2.64. The van der Waals surface area contributed by atoms with E-state index in [0.717, 1.165) is 6.29 Å². The van der Waals surface area contributed by atoms with Gasteiger partial charge in [-0.05, 0) is 11.8 Å². The van der Waals surface area contributed by atoms with Crippen LogP contribution in [-0.4, -0.2) is 6.29 Å². The van der Waals surface area contributed by atoms with Crippen molar-refractivity contribution in [3.05, 3.63) is 0 Å². The Bertz CT molecular complexity index is 98.6. The Kier molecular flexibility index (Phi) is 1.37. The Hall–Kier alpha value is -0.330. The first-order chi connectivity index (χ1) is 3.81. The van der Waals surface area contributed by atoms with Crippen molar-refractivity contribution in [2.24, 2.45) is 17.8 Å². The van der Waals surface area contributed by atoms with Gasteiger partial charge in [0.25, 0.3) is 0 Å². The summed E-state index contributed by atoms with van der Waals surface area (Å²) in [4.78, 5) is 10.1. The van der Waals surface area contributed by atoms with E-state index in [-0.39, 0.29) is 0 Å². The maximum Gasteiger partial charge on any atom is 0.123 e. The van der Waals surface area contributed by atoms with Crippen molar-refractivity contribution in [2.45, 2.75) is 20.3 Å². The average Bonchev–Trinajstić information content (AvgIpc) is 2.40. The highest BCUT2D eigenvalue weighted by molar-refractivity contribution is 5.59. The normalized spacial score (nSPS) is 44.0. The van der Waals surface area contributed by atoms with Crippen molar-refractivity contribution in [3.8, 4) is 0 Å². The van der Waals surface area contributed by atoms with Gasteiger partial charge in [0.05, 0.1) is 0 Å². The molecule has 0 heterocycles. The van der Waals surface area contributed by atoms with E-state index in [4.69, 9.17) is 0 Å². The van der Waals surface area contributed by atoms with Crippen molar-refractivity contribution < 1.29 is 4.79 Å². The fourth-order valence-corrected chi connectivity index (χ4v) is 1.45. The first-order valence-corrected chi connectivity index (χ1v) is 3.26. The van der Waals surface area contributed by atoms with Crippen molar-refractivity contribution >= 4 is 6.29 Å². The Labute approximate surface area is 50.1 Å². The van der Waals surface area contributed by atoms with Crippen LogP contribution in [-0.2, 0) is 4.79 Å². The van der Waals surface area contributed by atoms with Gasteiger partial charge in [0.15, 0.2) is 0 Å². The average molecular weight is 112 g/mol. The van der Waals surface area contributed by atoms with Crippen LogP contribution in [0.15, 0.2) is 0 Å². The molecule has 1 fully saturated rings. The fraction of sp³-hybridized carbons (Fsp3) is 0.857. The molecule has 0 aromatic rings. The molecule has 1 heteroatoms. The number of hydrogen-bond acceptors (Lipinski definition) is 1. The third-order valence-corrected chi connectivity index (χ3v) is 2.26. The molecule has 0 bridgehead atoms. The lowest BCUT2D eigenvalue weighted by Crippen LogP contribution is -1.78. The Balaban J connectivity index is 2.33. The third kappa shape index (κ3) is 0.662. The van der Waals surface area contributed by atoms with E-state index in [2.05, 4.69) is 13.8 Å². The predicted octanol–water partition coefficient (Wildman–Crippen LogP) is 1.48. The number of rotatable bonds is 2. The Morgan fingerprint density at radius 2 is 2.25 bits per heavy atom. The number of aldehydes is 1. The van der Waals surface area contributed by atoms with Gasteiger partial charge in [-0.2, -0.15) is 0 Å². The molecule has 1 saturated carbocycles. The minimum absolute atomic E-state index is 0.403. The van der Waals surface area contributed by atoms with Crippen LogP contribution < -0.4 is 0 Å². The highest BCUT2D eigenvalue weighted by Gasteiger charge is 2.44. The topological polar surface area (TPSA) is 17.1 Å². The summed E-state index contributed by atoms with van der Waals surface area (Å²) in [6.07, 6.45) is 2.27. The van der Waals surface area contributed by atoms with Crippen LogP contribution in [0.2, 0.25) is 0 Å². The molecule has 0 amide bonds. The van der Waals surface area contributed by atoms with Crippen molar-refractivity contribution in [3.63, 3.8) is 0 Å². The van der Waals surface area contributed by atoms with Gasteiger partial charge in [-0.15, -0.1) is 0 Å². The zero-order valence-electron chi connectivity index (χ0n) is 5.42. The molecular weight excluding hydrogens is 100 g/mol. The molecule has 0 aromatic heterocycles. The number of hydrogen-bond donors (Lipinski definition) is 0. The molecule has 3 atom stereocenters. The van der Waals surface area contributed by atoms with Gasteiger partial charge >= 0.3 is 0 Å². The van der Waals surface area contributed by atoms with Crippen LogP contribution in [0.1, 0.15) is 20.3 Å². The summed E-state index contributed by atoms with van der Waals surface area (Å²) in [5.74, 6) is 1.80. The van der Waals surface area contributed by atoms with Crippen LogP contribution in [0.4, 0.5) is 0 Å². The molecule has 1 aliphatic carbocycles. The van der Waals surface area contributed by atoms with Gasteiger partial charge in [0, 0.05) is 5.92 Å². The minimum atomic E-state index is 0.403. The second kappa shape index (κ2) is 1.88. The molecule has 0 radical (unpaired) electrons. The van der Waals surface area contributed by atoms with Gasteiger partial charge in [0.1, 0.15) is 6.29 Å². The molecule has 46 valence electrons. The van der Waals surface area contributed by atoms with Gasteiger partial charge in [0.2, 0.25) is 0 Å². The third-order valence-electron chi connectivity index (χ3n) is 2.26. The monoisotopic (exact) mass is 112 g/mol. The molecule has 1 rings (SSSR count). The summed E-state index contributed by atoms with van der Waals surface area (Å²) >= 11 is 0. The molecular formula is C7H12O. The Morgan fingerprint density at radius 3 is 2.38 bits per heavy atom. The smallest absolute Gasteiger partial charge is 0.123 e. The predicted molar refractivity (Wildman–Crippen MR) is 32.5 cm³/mol. The van der Waals surface area contributed by atoms with Crippen LogP contribution in [0.3, 0.4) is 0 Å². The van der Waals surface area contributed by atoms with Gasteiger partial charge in [-0.3, -0.25) is 0 Å². The molecule has 1 aliphatic rings. The molecule has 0 saturated heterocycles. The summed E-state index contributed by atoms with van der Waals surface area (Å²) in [5.41, 5.74) is 0. The lowest BCUT2D eigenvalue weighted by atomic mass is 10.3. The molecule has 1 nitrogen and oxygen atoms in total. The fourth-order valence-electron chi connectivity index (χ4n) is 1.45. The molecule has 0 aliphatic heterocycles. The SMILES string of the molecule is CCC1C(C)C1C=O. The maximum absolute atomic E-state index is 10.1. The van der Waals surface area contributed by atoms with E-state index in [1.54, 1.807) is 0 Å². The largest absolute Gasteiger partial charge is 0.303 e. The highest BCUT2D eigenvalue weighted by atomic mass is 16.1. The molecule has 0 aromatic carbocycles. The van der Waals surface area contributed by atoms with Crippen LogP contribution >= 0.6 is 0 Å². The second-order valence-corrected chi connectivity index (χ2v) is 2.64. The summed E-state index contributed by atoms with van der Waals surface area (Å²) in [6, 6.07) is 0. The Morgan fingerprint density at radius 1 is 1.62 bits per heavy atom. The maximum atomic E-state index is 10.1. The van der Waals surface area contributed by atoms with Gasteiger partial charge < -0.3 is 4.79 Å². The number of carbonyl (C=O) groups excluding carboxylic acids is 1. The zero-order valence-corrected chi connectivity index (χ0v) is 5.42. The van der Waals surface area contributed by atoms with Crippen LogP contribution in [0.25, 0.3) is 0 Å². The zero-order chi connectivity index (χ0) is 6.15. The lowest BCUT2D eigenvalue weighted by Gasteiger charge is -1.80. The highest BCUT2D eigenvalue weighted by Crippen LogP contribution is 2.46. The first-order valence-electron chi connectivity index (χ1n) is 3.26. The minimum Gasteiger partial charge on any atom is -0.303 e. The first kappa shape index (κ1) is 5.80. The lowest BCUT2D eigenvalue weighted by molar-refractivity contribution is -0.109. The molecule has 0 spiro atoms.